The number of fused-ring (bicyclic) bond motifs is 3. The molecule has 5 aromatic rings. The largest absolute Gasteiger partial charge is 0.309 e. The van der Waals surface area contributed by atoms with E-state index in [1.54, 1.807) is 0 Å². The SMILES string of the molecule is Cc1cc(C)c(-c2ccc3c4ccc(C)cc4n(-c4ccccc4)c3c2)c(C)c1. The quantitative estimate of drug-likeness (QED) is 0.298. The summed E-state index contributed by atoms with van der Waals surface area (Å²) in [6.07, 6.45) is 0. The zero-order valence-electron chi connectivity index (χ0n) is 17.5. The van der Waals surface area contributed by atoms with Crippen molar-refractivity contribution < 1.29 is 0 Å². The van der Waals surface area contributed by atoms with Crippen LogP contribution in [0.4, 0.5) is 0 Å². The summed E-state index contributed by atoms with van der Waals surface area (Å²) in [5.41, 5.74) is 11.6. The molecular weight excluding hydrogens is 350 g/mol. The highest BCUT2D eigenvalue weighted by atomic mass is 15.0. The first-order valence-corrected chi connectivity index (χ1v) is 10.2. The van der Waals surface area contributed by atoms with Crippen molar-refractivity contribution in [2.75, 3.05) is 0 Å². The number of hydrogen-bond acceptors (Lipinski definition) is 0. The number of rotatable bonds is 2. The standard InChI is InChI=1S/C28H25N/c1-18-10-12-24-25-13-11-22(28-20(3)14-19(2)15-21(28)4)17-27(25)29(26(24)16-18)23-8-6-5-7-9-23/h5-17H,1-4H3. The van der Waals surface area contributed by atoms with Crippen LogP contribution in [0.15, 0.2) is 78.9 Å². The third kappa shape index (κ3) is 2.86. The smallest absolute Gasteiger partial charge is 0.0547 e. The van der Waals surface area contributed by atoms with Gasteiger partial charge in [0.1, 0.15) is 0 Å². The van der Waals surface area contributed by atoms with Crippen molar-refractivity contribution in [1.82, 2.24) is 4.57 Å². The van der Waals surface area contributed by atoms with Gasteiger partial charge < -0.3 is 4.57 Å². The summed E-state index contributed by atoms with van der Waals surface area (Å²) in [6.45, 7) is 8.77. The zero-order valence-corrected chi connectivity index (χ0v) is 17.5. The average molecular weight is 376 g/mol. The van der Waals surface area contributed by atoms with Crippen LogP contribution in [0, 0.1) is 27.7 Å². The van der Waals surface area contributed by atoms with Crippen LogP contribution in [0.2, 0.25) is 0 Å². The summed E-state index contributed by atoms with van der Waals surface area (Å²) in [6, 6.07) is 28.9. The van der Waals surface area contributed by atoms with Crippen molar-refractivity contribution in [2.45, 2.75) is 27.7 Å². The van der Waals surface area contributed by atoms with E-state index in [1.165, 1.54) is 60.9 Å². The monoisotopic (exact) mass is 375 g/mol. The Kier molecular flexibility index (Phi) is 4.06. The van der Waals surface area contributed by atoms with E-state index in [1.807, 2.05) is 0 Å². The van der Waals surface area contributed by atoms with Gasteiger partial charge in [-0.15, -0.1) is 0 Å². The molecule has 0 saturated carbocycles. The summed E-state index contributed by atoms with van der Waals surface area (Å²) >= 11 is 0. The first-order valence-electron chi connectivity index (χ1n) is 10.2. The Hall–Kier alpha value is -3.32. The summed E-state index contributed by atoms with van der Waals surface area (Å²) in [5.74, 6) is 0. The summed E-state index contributed by atoms with van der Waals surface area (Å²) in [7, 11) is 0. The van der Waals surface area contributed by atoms with Crippen molar-refractivity contribution in [1.29, 1.82) is 0 Å². The molecule has 0 bridgehead atoms. The fourth-order valence-electron chi connectivity index (χ4n) is 4.77. The van der Waals surface area contributed by atoms with E-state index in [-0.39, 0.29) is 0 Å². The third-order valence-electron chi connectivity index (χ3n) is 5.90. The molecule has 0 aliphatic rings. The second-order valence-corrected chi connectivity index (χ2v) is 8.20. The Morgan fingerprint density at radius 1 is 0.552 bits per heavy atom. The minimum Gasteiger partial charge on any atom is -0.309 e. The van der Waals surface area contributed by atoms with E-state index in [2.05, 4.69) is 111 Å². The highest BCUT2D eigenvalue weighted by Gasteiger charge is 2.15. The lowest BCUT2D eigenvalue weighted by Gasteiger charge is -2.13. The van der Waals surface area contributed by atoms with Crippen LogP contribution in [0.3, 0.4) is 0 Å². The minimum absolute atomic E-state index is 1.20. The lowest BCUT2D eigenvalue weighted by atomic mass is 9.93. The molecule has 0 saturated heterocycles. The molecule has 0 aliphatic carbocycles. The van der Waals surface area contributed by atoms with Crippen molar-refractivity contribution in [3.05, 3.63) is 101 Å². The lowest BCUT2D eigenvalue weighted by molar-refractivity contribution is 1.18. The molecule has 0 atom stereocenters. The first kappa shape index (κ1) is 17.8. The average Bonchev–Trinajstić information content (AvgIpc) is 3.00. The predicted octanol–water partition coefficient (Wildman–Crippen LogP) is 7.68. The van der Waals surface area contributed by atoms with Crippen LogP contribution in [-0.4, -0.2) is 4.57 Å². The molecule has 0 unspecified atom stereocenters. The fraction of sp³-hybridized carbons (Fsp3) is 0.143. The van der Waals surface area contributed by atoms with Gasteiger partial charge in [-0.1, -0.05) is 60.2 Å². The number of hydrogen-bond donors (Lipinski definition) is 0. The van der Waals surface area contributed by atoms with Gasteiger partial charge in [-0.05, 0) is 79.8 Å². The number of benzene rings is 4. The summed E-state index contributed by atoms with van der Waals surface area (Å²) in [5, 5.41) is 2.60. The molecule has 0 spiro atoms. The minimum atomic E-state index is 1.20. The van der Waals surface area contributed by atoms with Gasteiger partial charge >= 0.3 is 0 Å². The van der Waals surface area contributed by atoms with E-state index in [0.717, 1.165) is 0 Å². The van der Waals surface area contributed by atoms with Crippen LogP contribution in [-0.2, 0) is 0 Å². The Balaban J connectivity index is 1.88. The first-order chi connectivity index (χ1) is 14.0. The zero-order chi connectivity index (χ0) is 20.1. The Morgan fingerprint density at radius 2 is 1.17 bits per heavy atom. The molecule has 0 aliphatic heterocycles. The van der Waals surface area contributed by atoms with Gasteiger partial charge in [0.05, 0.1) is 11.0 Å². The van der Waals surface area contributed by atoms with Crippen LogP contribution in [0.5, 0.6) is 0 Å². The van der Waals surface area contributed by atoms with Gasteiger partial charge in [-0.2, -0.15) is 0 Å². The van der Waals surface area contributed by atoms with E-state index >= 15 is 0 Å². The van der Waals surface area contributed by atoms with Gasteiger partial charge in [-0.25, -0.2) is 0 Å². The Bertz CT molecular complexity index is 1350. The summed E-state index contributed by atoms with van der Waals surface area (Å²) in [4.78, 5) is 0. The molecule has 0 fully saturated rings. The molecule has 4 aromatic carbocycles. The summed E-state index contributed by atoms with van der Waals surface area (Å²) < 4.78 is 2.40. The van der Waals surface area contributed by atoms with Crippen molar-refractivity contribution in [2.24, 2.45) is 0 Å². The van der Waals surface area contributed by atoms with E-state index < -0.39 is 0 Å². The maximum atomic E-state index is 2.40. The lowest BCUT2D eigenvalue weighted by Crippen LogP contribution is -1.94. The molecule has 0 N–H and O–H groups in total. The van der Waals surface area contributed by atoms with E-state index in [0.29, 0.717) is 0 Å². The highest BCUT2D eigenvalue weighted by Crippen LogP contribution is 2.37. The van der Waals surface area contributed by atoms with Crippen LogP contribution in [0.25, 0.3) is 38.6 Å². The van der Waals surface area contributed by atoms with Gasteiger partial charge in [0.2, 0.25) is 0 Å². The van der Waals surface area contributed by atoms with Gasteiger partial charge in [-0.3, -0.25) is 0 Å². The predicted molar refractivity (Wildman–Crippen MR) is 125 cm³/mol. The normalized spacial score (nSPS) is 11.4. The topological polar surface area (TPSA) is 4.93 Å². The van der Waals surface area contributed by atoms with Crippen LogP contribution >= 0.6 is 0 Å². The molecule has 0 radical (unpaired) electrons. The Morgan fingerprint density at radius 3 is 1.86 bits per heavy atom. The maximum Gasteiger partial charge on any atom is 0.0547 e. The molecule has 0 amide bonds. The van der Waals surface area contributed by atoms with Crippen LogP contribution in [0.1, 0.15) is 22.3 Å². The van der Waals surface area contributed by atoms with Crippen molar-refractivity contribution >= 4 is 21.8 Å². The number of aryl methyl sites for hydroxylation is 4. The highest BCUT2D eigenvalue weighted by molar-refractivity contribution is 6.10. The van der Waals surface area contributed by atoms with Crippen molar-refractivity contribution in [3.8, 4) is 16.8 Å². The Labute approximate surface area is 172 Å². The number of para-hydroxylation sites is 1. The van der Waals surface area contributed by atoms with Gasteiger partial charge in [0.15, 0.2) is 0 Å². The molecular formula is C28H25N. The van der Waals surface area contributed by atoms with Crippen molar-refractivity contribution in [3.63, 3.8) is 0 Å². The molecule has 5 rings (SSSR count). The molecule has 1 heterocycles. The maximum absolute atomic E-state index is 2.40. The number of nitrogens with zero attached hydrogens (tertiary/aromatic N) is 1. The molecule has 142 valence electrons. The molecule has 1 heteroatoms. The fourth-order valence-corrected chi connectivity index (χ4v) is 4.77. The third-order valence-corrected chi connectivity index (χ3v) is 5.90. The molecule has 29 heavy (non-hydrogen) atoms. The molecule has 1 nitrogen and oxygen atoms in total. The van der Waals surface area contributed by atoms with E-state index in [4.69, 9.17) is 0 Å². The molecule has 1 aromatic heterocycles. The van der Waals surface area contributed by atoms with E-state index in [9.17, 15) is 0 Å². The van der Waals surface area contributed by atoms with Gasteiger partial charge in [0, 0.05) is 16.5 Å². The van der Waals surface area contributed by atoms with Gasteiger partial charge in [0.25, 0.3) is 0 Å². The second kappa shape index (κ2) is 6.63. The number of aromatic nitrogens is 1. The van der Waals surface area contributed by atoms with Crippen LogP contribution < -0.4 is 0 Å². The second-order valence-electron chi connectivity index (χ2n) is 8.20.